The first-order valence-corrected chi connectivity index (χ1v) is 9.64. The second-order valence-electron chi connectivity index (χ2n) is 6.12. The Kier molecular flexibility index (Phi) is 5.64. The molecule has 23 heavy (non-hydrogen) atoms. The van der Waals surface area contributed by atoms with Crippen LogP contribution in [-0.2, 0) is 11.4 Å². The number of rotatable bonds is 4. The van der Waals surface area contributed by atoms with E-state index < -0.39 is 11.4 Å². The van der Waals surface area contributed by atoms with E-state index in [4.69, 9.17) is 11.6 Å². The molecule has 0 bridgehead atoms. The predicted molar refractivity (Wildman–Crippen MR) is 97.8 cm³/mol. The number of hydrogen-bond acceptors (Lipinski definition) is 4. The van der Waals surface area contributed by atoms with Crippen LogP contribution in [0.3, 0.4) is 0 Å². The molecule has 2 unspecified atom stereocenters. The first-order valence-electron chi connectivity index (χ1n) is 8.04. The zero-order valence-corrected chi connectivity index (χ0v) is 14.8. The highest BCUT2D eigenvalue weighted by Gasteiger charge is 2.25. The van der Waals surface area contributed by atoms with Gasteiger partial charge in [0.25, 0.3) is 0 Å². The van der Waals surface area contributed by atoms with Gasteiger partial charge in [0.15, 0.2) is 10.4 Å². The van der Waals surface area contributed by atoms with Crippen molar-refractivity contribution in [3.63, 3.8) is 0 Å². The standard InChI is InChI=1S/C17H22ClN3OS/c1-12-2-4-15(5-3-12)23(22)21-16-10-14(11-20-17(16)18)13-6-8-19-9-7-13/h2,4,6,10-12,15,19,21H,3,5,7-9H2,1H3/t12-,15?,23?/m0/s1. The number of aromatic nitrogens is 1. The Morgan fingerprint density at radius 3 is 2.96 bits per heavy atom. The zero-order valence-electron chi connectivity index (χ0n) is 13.2. The lowest BCUT2D eigenvalue weighted by Crippen LogP contribution is -2.28. The molecule has 6 heteroatoms. The molecule has 0 radical (unpaired) electrons. The minimum Gasteiger partial charge on any atom is -0.593 e. The van der Waals surface area contributed by atoms with Crippen molar-refractivity contribution in [2.24, 2.45) is 5.92 Å². The van der Waals surface area contributed by atoms with Crippen molar-refractivity contribution in [3.8, 4) is 0 Å². The van der Waals surface area contributed by atoms with E-state index in [1.807, 2.05) is 6.07 Å². The van der Waals surface area contributed by atoms with Gasteiger partial charge in [-0.3, -0.25) is 0 Å². The van der Waals surface area contributed by atoms with Crippen molar-refractivity contribution >= 4 is 34.2 Å². The smallest absolute Gasteiger partial charge is 0.159 e. The van der Waals surface area contributed by atoms with E-state index in [2.05, 4.69) is 40.2 Å². The Hall–Kier alpha value is -1.01. The van der Waals surface area contributed by atoms with Gasteiger partial charge in [0, 0.05) is 19.2 Å². The summed E-state index contributed by atoms with van der Waals surface area (Å²) < 4.78 is 15.6. The van der Waals surface area contributed by atoms with Crippen molar-refractivity contribution in [3.05, 3.63) is 41.2 Å². The van der Waals surface area contributed by atoms with E-state index in [0.29, 0.717) is 16.8 Å². The molecule has 1 aliphatic heterocycles. The van der Waals surface area contributed by atoms with Crippen molar-refractivity contribution < 1.29 is 4.55 Å². The maximum absolute atomic E-state index is 12.6. The molecule has 2 heterocycles. The van der Waals surface area contributed by atoms with E-state index in [0.717, 1.165) is 37.9 Å². The number of nitrogens with zero attached hydrogens (tertiary/aromatic N) is 1. The average molecular weight is 352 g/mol. The molecule has 0 saturated carbocycles. The molecular weight excluding hydrogens is 330 g/mol. The van der Waals surface area contributed by atoms with Crippen molar-refractivity contribution in [1.29, 1.82) is 0 Å². The Morgan fingerprint density at radius 1 is 1.39 bits per heavy atom. The third-order valence-corrected chi connectivity index (χ3v) is 5.99. The van der Waals surface area contributed by atoms with E-state index in [9.17, 15) is 4.55 Å². The summed E-state index contributed by atoms with van der Waals surface area (Å²) in [6, 6.07) is 1.96. The SMILES string of the molecule is C[C@H]1C=CC([S+]([O-])Nc2cc(C3=CCNCC3)cnc2Cl)CC1. The maximum atomic E-state index is 12.6. The Balaban J connectivity index is 1.74. The molecular formula is C17H22ClN3OS. The molecule has 2 aliphatic rings. The lowest BCUT2D eigenvalue weighted by Gasteiger charge is -2.24. The van der Waals surface area contributed by atoms with Crippen LogP contribution in [0.4, 0.5) is 5.69 Å². The summed E-state index contributed by atoms with van der Waals surface area (Å²) in [5, 5.41) is 3.69. The van der Waals surface area contributed by atoms with Gasteiger partial charge in [-0.2, -0.15) is 0 Å². The Labute approximate surface area is 145 Å². The van der Waals surface area contributed by atoms with Crippen LogP contribution >= 0.6 is 11.6 Å². The molecule has 0 spiro atoms. The second-order valence-corrected chi connectivity index (χ2v) is 7.89. The van der Waals surface area contributed by atoms with Gasteiger partial charge < -0.3 is 9.87 Å². The number of pyridine rings is 1. The molecule has 3 atom stereocenters. The largest absolute Gasteiger partial charge is 0.593 e. The molecule has 3 rings (SSSR count). The fourth-order valence-electron chi connectivity index (χ4n) is 2.88. The van der Waals surface area contributed by atoms with Gasteiger partial charge >= 0.3 is 0 Å². The molecule has 0 amide bonds. The van der Waals surface area contributed by atoms with E-state index in [1.54, 1.807) is 6.20 Å². The maximum Gasteiger partial charge on any atom is 0.159 e. The summed E-state index contributed by atoms with van der Waals surface area (Å²) in [6.07, 6.45) is 11.1. The molecule has 4 nitrogen and oxygen atoms in total. The number of halogens is 1. The van der Waals surface area contributed by atoms with E-state index in [1.165, 1.54) is 5.57 Å². The third-order valence-electron chi connectivity index (χ3n) is 4.32. The monoisotopic (exact) mass is 351 g/mol. The number of nitrogens with one attached hydrogen (secondary N) is 2. The van der Waals surface area contributed by atoms with Gasteiger partial charge in [0.1, 0.15) is 5.69 Å². The van der Waals surface area contributed by atoms with Crippen LogP contribution in [0.25, 0.3) is 5.57 Å². The van der Waals surface area contributed by atoms with Crippen LogP contribution < -0.4 is 10.0 Å². The van der Waals surface area contributed by atoms with Gasteiger partial charge in [-0.05, 0) is 48.6 Å². The predicted octanol–water partition coefficient (Wildman–Crippen LogP) is 3.54. The number of anilines is 1. The van der Waals surface area contributed by atoms with Gasteiger partial charge in [-0.15, -0.1) is 0 Å². The van der Waals surface area contributed by atoms with E-state index in [-0.39, 0.29) is 5.25 Å². The molecule has 0 aromatic carbocycles. The van der Waals surface area contributed by atoms with Gasteiger partial charge in [0.2, 0.25) is 0 Å². The first-order chi connectivity index (χ1) is 11.1. The fraction of sp³-hybridized carbons (Fsp3) is 0.471. The highest BCUT2D eigenvalue weighted by Crippen LogP contribution is 2.29. The summed E-state index contributed by atoms with van der Waals surface area (Å²) >= 11 is 4.99. The van der Waals surface area contributed by atoms with Crippen molar-refractivity contribution in [2.75, 3.05) is 17.8 Å². The van der Waals surface area contributed by atoms with Crippen LogP contribution in [0.1, 0.15) is 31.7 Å². The van der Waals surface area contributed by atoms with Crippen LogP contribution in [0.2, 0.25) is 5.15 Å². The summed E-state index contributed by atoms with van der Waals surface area (Å²) in [5.74, 6) is 0.573. The second kappa shape index (κ2) is 7.71. The molecule has 0 saturated heterocycles. The van der Waals surface area contributed by atoms with Crippen LogP contribution in [0.5, 0.6) is 0 Å². The summed E-state index contributed by atoms with van der Waals surface area (Å²) in [5.41, 5.74) is 2.95. The number of hydrogen-bond donors (Lipinski definition) is 2. The minimum atomic E-state index is -1.19. The van der Waals surface area contributed by atoms with Gasteiger partial charge in [-0.25, -0.2) is 9.71 Å². The van der Waals surface area contributed by atoms with Crippen LogP contribution in [0, 0.1) is 5.92 Å². The Bertz CT molecular complexity index is 620. The molecule has 1 aromatic heterocycles. The minimum absolute atomic E-state index is 0.0315. The van der Waals surface area contributed by atoms with Crippen molar-refractivity contribution in [2.45, 2.75) is 31.4 Å². The lowest BCUT2D eigenvalue weighted by molar-refractivity contribution is 0.551. The number of allylic oxidation sites excluding steroid dienone is 1. The fourth-order valence-corrected chi connectivity index (χ4v) is 4.19. The highest BCUT2D eigenvalue weighted by molar-refractivity contribution is 7.93. The summed E-state index contributed by atoms with van der Waals surface area (Å²) in [7, 11) is 0. The van der Waals surface area contributed by atoms with Crippen molar-refractivity contribution in [1.82, 2.24) is 10.3 Å². The van der Waals surface area contributed by atoms with Gasteiger partial charge in [0.05, 0.1) is 11.4 Å². The normalized spacial score (nSPS) is 25.8. The van der Waals surface area contributed by atoms with Gasteiger partial charge in [-0.1, -0.05) is 30.7 Å². The van der Waals surface area contributed by atoms with Crippen LogP contribution in [0.15, 0.2) is 30.5 Å². The lowest BCUT2D eigenvalue weighted by atomic mass is 9.98. The quantitative estimate of drug-likeness (QED) is 0.495. The molecule has 1 aliphatic carbocycles. The van der Waals surface area contributed by atoms with Crippen LogP contribution in [-0.4, -0.2) is 27.9 Å². The molecule has 0 fully saturated rings. The topological polar surface area (TPSA) is 60.0 Å². The molecule has 124 valence electrons. The van der Waals surface area contributed by atoms with E-state index >= 15 is 0 Å². The zero-order chi connectivity index (χ0) is 16.2. The third kappa shape index (κ3) is 4.29. The summed E-state index contributed by atoms with van der Waals surface area (Å²) in [4.78, 5) is 4.25. The highest BCUT2D eigenvalue weighted by atomic mass is 35.5. The molecule has 2 N–H and O–H groups in total. The summed E-state index contributed by atoms with van der Waals surface area (Å²) in [6.45, 7) is 4.02. The molecule has 1 aromatic rings. The Morgan fingerprint density at radius 2 is 2.26 bits per heavy atom. The first kappa shape index (κ1) is 16.8. The average Bonchev–Trinajstić information content (AvgIpc) is 2.58.